The zero-order valence-corrected chi connectivity index (χ0v) is 10.8. The van der Waals surface area contributed by atoms with Gasteiger partial charge in [0.25, 0.3) is 5.91 Å². The summed E-state index contributed by atoms with van der Waals surface area (Å²) in [6.07, 6.45) is 1.49. The molecule has 1 amide bonds. The number of pyridine rings is 1. The number of halogens is 2. The summed E-state index contributed by atoms with van der Waals surface area (Å²) in [5, 5.41) is 5.35. The van der Waals surface area contributed by atoms with Crippen molar-refractivity contribution in [2.45, 2.75) is 6.54 Å². The van der Waals surface area contributed by atoms with Gasteiger partial charge in [0.05, 0.1) is 0 Å². The van der Waals surface area contributed by atoms with E-state index in [1.807, 2.05) is 0 Å². The number of rotatable bonds is 4. The fourth-order valence-corrected chi connectivity index (χ4v) is 1.66. The Morgan fingerprint density at radius 2 is 2.05 bits per heavy atom. The maximum atomic E-state index is 13.4. The van der Waals surface area contributed by atoms with Crippen LogP contribution in [0.15, 0.2) is 36.5 Å². The van der Waals surface area contributed by atoms with E-state index in [1.54, 1.807) is 13.1 Å². The van der Waals surface area contributed by atoms with Crippen molar-refractivity contribution in [1.82, 2.24) is 10.3 Å². The van der Waals surface area contributed by atoms with E-state index in [4.69, 9.17) is 0 Å². The first-order valence-corrected chi connectivity index (χ1v) is 5.96. The highest BCUT2D eigenvalue weighted by molar-refractivity contribution is 5.94. The number of benzene rings is 1. The maximum Gasteiger partial charge on any atom is 0.251 e. The van der Waals surface area contributed by atoms with E-state index in [-0.39, 0.29) is 18.0 Å². The zero-order valence-electron chi connectivity index (χ0n) is 10.8. The van der Waals surface area contributed by atoms with Gasteiger partial charge < -0.3 is 10.6 Å². The molecule has 0 aliphatic carbocycles. The number of hydrogen-bond donors (Lipinski definition) is 2. The Hall–Kier alpha value is -2.50. The van der Waals surface area contributed by atoms with Crippen molar-refractivity contribution >= 4 is 11.7 Å². The topological polar surface area (TPSA) is 54.0 Å². The van der Waals surface area contributed by atoms with Gasteiger partial charge in [-0.3, -0.25) is 4.79 Å². The minimum atomic E-state index is -0.558. The third-order valence-electron chi connectivity index (χ3n) is 2.73. The van der Waals surface area contributed by atoms with Gasteiger partial charge in [-0.05, 0) is 30.3 Å². The van der Waals surface area contributed by atoms with Crippen molar-refractivity contribution in [3.05, 3.63) is 59.3 Å². The second-order valence-electron chi connectivity index (χ2n) is 4.10. The Labute approximate surface area is 114 Å². The number of carbonyl (C=O) groups excluding carboxylic acids is 1. The Morgan fingerprint density at radius 1 is 1.25 bits per heavy atom. The second kappa shape index (κ2) is 6.10. The average molecular weight is 277 g/mol. The molecule has 0 unspecified atom stereocenters. The summed E-state index contributed by atoms with van der Waals surface area (Å²) >= 11 is 0. The van der Waals surface area contributed by atoms with Crippen LogP contribution in [0.5, 0.6) is 0 Å². The van der Waals surface area contributed by atoms with Crippen molar-refractivity contribution < 1.29 is 13.6 Å². The highest BCUT2D eigenvalue weighted by atomic mass is 19.1. The van der Waals surface area contributed by atoms with Gasteiger partial charge in [0.15, 0.2) is 0 Å². The van der Waals surface area contributed by atoms with Crippen LogP contribution in [-0.2, 0) is 6.54 Å². The Bertz CT molecular complexity index is 632. The van der Waals surface area contributed by atoms with E-state index in [1.165, 1.54) is 12.3 Å². The molecule has 0 aliphatic rings. The van der Waals surface area contributed by atoms with Crippen molar-refractivity contribution in [3.63, 3.8) is 0 Å². The lowest BCUT2D eigenvalue weighted by Crippen LogP contribution is -2.23. The third-order valence-corrected chi connectivity index (χ3v) is 2.73. The first-order chi connectivity index (χ1) is 9.60. The van der Waals surface area contributed by atoms with Gasteiger partial charge in [-0.1, -0.05) is 0 Å². The number of nitrogens with one attached hydrogen (secondary N) is 2. The standard InChI is InChI=1S/C14H13F2N3O/c1-17-13-7-9(4-5-18-13)14(20)19-8-10-6-11(15)2-3-12(10)16/h2-7H,8H2,1H3,(H,17,18)(H,19,20). The van der Waals surface area contributed by atoms with Crippen LogP contribution in [0, 0.1) is 11.6 Å². The highest BCUT2D eigenvalue weighted by Gasteiger charge is 2.09. The lowest BCUT2D eigenvalue weighted by molar-refractivity contribution is 0.0950. The van der Waals surface area contributed by atoms with Crippen LogP contribution in [0.4, 0.5) is 14.6 Å². The van der Waals surface area contributed by atoms with Gasteiger partial charge in [-0.25, -0.2) is 13.8 Å². The molecule has 0 radical (unpaired) electrons. The number of nitrogens with zero attached hydrogens (tertiary/aromatic N) is 1. The van der Waals surface area contributed by atoms with Crippen LogP contribution >= 0.6 is 0 Å². The largest absolute Gasteiger partial charge is 0.373 e. The van der Waals surface area contributed by atoms with Crippen molar-refractivity contribution in [1.29, 1.82) is 0 Å². The summed E-state index contributed by atoms with van der Waals surface area (Å²) in [4.78, 5) is 15.9. The SMILES string of the molecule is CNc1cc(C(=O)NCc2cc(F)ccc2F)ccn1. The lowest BCUT2D eigenvalue weighted by Gasteiger charge is -2.07. The number of anilines is 1. The van der Waals surface area contributed by atoms with Crippen LogP contribution in [0.3, 0.4) is 0 Å². The quantitative estimate of drug-likeness (QED) is 0.902. The maximum absolute atomic E-state index is 13.4. The predicted molar refractivity (Wildman–Crippen MR) is 71.3 cm³/mol. The summed E-state index contributed by atoms with van der Waals surface area (Å²) in [5.74, 6) is -0.934. The predicted octanol–water partition coefficient (Wildman–Crippen LogP) is 2.33. The second-order valence-corrected chi connectivity index (χ2v) is 4.10. The number of amides is 1. The highest BCUT2D eigenvalue weighted by Crippen LogP contribution is 2.10. The first kappa shape index (κ1) is 13.9. The summed E-state index contributed by atoms with van der Waals surface area (Å²) in [6, 6.07) is 6.22. The zero-order chi connectivity index (χ0) is 14.5. The van der Waals surface area contributed by atoms with Crippen molar-refractivity contribution in [3.8, 4) is 0 Å². The summed E-state index contributed by atoms with van der Waals surface area (Å²) in [5.41, 5.74) is 0.488. The van der Waals surface area contributed by atoms with Gasteiger partial charge in [-0.2, -0.15) is 0 Å². The van der Waals surface area contributed by atoms with E-state index in [0.29, 0.717) is 11.4 Å². The minimum absolute atomic E-state index is 0.0837. The molecule has 0 fully saturated rings. The van der Waals surface area contributed by atoms with Gasteiger partial charge in [0.2, 0.25) is 0 Å². The van der Waals surface area contributed by atoms with E-state index in [0.717, 1.165) is 18.2 Å². The fraction of sp³-hybridized carbons (Fsp3) is 0.143. The van der Waals surface area contributed by atoms with Crippen molar-refractivity contribution in [2.24, 2.45) is 0 Å². The molecule has 1 aromatic carbocycles. The molecule has 104 valence electrons. The van der Waals surface area contributed by atoms with Crippen LogP contribution in [0.1, 0.15) is 15.9 Å². The number of aromatic nitrogens is 1. The molecule has 0 saturated heterocycles. The van der Waals surface area contributed by atoms with E-state index < -0.39 is 11.6 Å². The molecule has 1 aromatic heterocycles. The van der Waals surface area contributed by atoms with Crippen molar-refractivity contribution in [2.75, 3.05) is 12.4 Å². The van der Waals surface area contributed by atoms with Crippen LogP contribution in [0.25, 0.3) is 0 Å². The molecular formula is C14H13F2N3O. The van der Waals surface area contributed by atoms with E-state index >= 15 is 0 Å². The third kappa shape index (κ3) is 3.28. The molecule has 4 nitrogen and oxygen atoms in total. The molecule has 0 bridgehead atoms. The molecule has 0 aliphatic heterocycles. The molecule has 0 atom stereocenters. The van der Waals surface area contributed by atoms with E-state index in [2.05, 4.69) is 15.6 Å². The summed E-state index contributed by atoms with van der Waals surface area (Å²) in [6.45, 7) is -0.0837. The van der Waals surface area contributed by atoms with Gasteiger partial charge >= 0.3 is 0 Å². The molecule has 2 N–H and O–H groups in total. The van der Waals surface area contributed by atoms with Gasteiger partial charge in [0, 0.05) is 30.9 Å². The van der Waals surface area contributed by atoms with E-state index in [9.17, 15) is 13.6 Å². The molecule has 20 heavy (non-hydrogen) atoms. The molecule has 2 aromatic rings. The van der Waals surface area contributed by atoms with Crippen LogP contribution < -0.4 is 10.6 Å². The molecule has 2 rings (SSSR count). The monoisotopic (exact) mass is 277 g/mol. The first-order valence-electron chi connectivity index (χ1n) is 5.96. The van der Waals surface area contributed by atoms with Gasteiger partial charge in [-0.15, -0.1) is 0 Å². The number of hydrogen-bond acceptors (Lipinski definition) is 3. The molecule has 0 spiro atoms. The Morgan fingerprint density at radius 3 is 2.80 bits per heavy atom. The Kier molecular flexibility index (Phi) is 4.24. The minimum Gasteiger partial charge on any atom is -0.373 e. The molecule has 1 heterocycles. The fourth-order valence-electron chi connectivity index (χ4n) is 1.66. The lowest BCUT2D eigenvalue weighted by atomic mass is 10.2. The summed E-state index contributed by atoms with van der Waals surface area (Å²) in [7, 11) is 1.69. The smallest absolute Gasteiger partial charge is 0.251 e. The average Bonchev–Trinajstić information content (AvgIpc) is 2.48. The molecule has 0 saturated carbocycles. The van der Waals surface area contributed by atoms with Gasteiger partial charge in [0.1, 0.15) is 17.5 Å². The molecule has 6 heteroatoms. The summed E-state index contributed by atoms with van der Waals surface area (Å²) < 4.78 is 26.4. The normalized spacial score (nSPS) is 10.2. The van der Waals surface area contributed by atoms with Crippen LogP contribution in [-0.4, -0.2) is 17.9 Å². The number of carbonyl (C=O) groups is 1. The Balaban J connectivity index is 2.06. The molecular weight excluding hydrogens is 264 g/mol. The van der Waals surface area contributed by atoms with Crippen LogP contribution in [0.2, 0.25) is 0 Å².